The summed E-state index contributed by atoms with van der Waals surface area (Å²) in [5.41, 5.74) is 4.68. The van der Waals surface area contributed by atoms with Crippen LogP contribution in [-0.2, 0) is 14.8 Å². The zero-order chi connectivity index (χ0) is 19.6. The van der Waals surface area contributed by atoms with Crippen molar-refractivity contribution in [1.29, 1.82) is 0 Å². The number of anilines is 1. The normalized spacial score (nSPS) is 11.7. The monoisotopic (exact) mass is 438 g/mol. The minimum absolute atomic E-state index is 0.140. The van der Waals surface area contributed by atoms with Gasteiger partial charge in [-0.05, 0) is 72.4 Å². The van der Waals surface area contributed by atoms with Gasteiger partial charge in [0.05, 0.1) is 11.4 Å². The average molecular weight is 439 g/mol. The number of amides is 1. The molecule has 0 spiro atoms. The summed E-state index contributed by atoms with van der Waals surface area (Å²) < 4.78 is 27.0. The van der Waals surface area contributed by atoms with Gasteiger partial charge in [0.1, 0.15) is 0 Å². The van der Waals surface area contributed by atoms with Crippen LogP contribution in [0.1, 0.15) is 22.3 Å². The van der Waals surface area contributed by atoms with Gasteiger partial charge in [-0.1, -0.05) is 23.8 Å². The van der Waals surface area contributed by atoms with Crippen LogP contribution in [0.5, 0.6) is 0 Å². The Hall–Kier alpha value is -1.70. The minimum atomic E-state index is -3.78. The predicted octanol–water partition coefficient (Wildman–Crippen LogP) is 3.94. The first-order valence-corrected chi connectivity index (χ1v) is 10.4. The molecule has 0 aliphatic rings. The van der Waals surface area contributed by atoms with Crippen molar-refractivity contribution in [3.8, 4) is 0 Å². The summed E-state index contributed by atoms with van der Waals surface area (Å²) in [6, 6.07) is 8.96. The molecule has 0 unspecified atom stereocenters. The van der Waals surface area contributed by atoms with Gasteiger partial charge in [-0.15, -0.1) is 0 Å². The molecule has 0 bridgehead atoms. The van der Waals surface area contributed by atoms with E-state index in [4.69, 9.17) is 0 Å². The number of sulfonamides is 1. The molecular formula is C19H23BrN2O3S. The quantitative estimate of drug-likeness (QED) is 0.768. The van der Waals surface area contributed by atoms with Crippen LogP contribution in [0.4, 0.5) is 5.69 Å². The van der Waals surface area contributed by atoms with Crippen molar-refractivity contribution < 1.29 is 13.2 Å². The van der Waals surface area contributed by atoms with E-state index in [1.165, 1.54) is 13.1 Å². The molecule has 0 saturated heterocycles. The number of halogens is 1. The van der Waals surface area contributed by atoms with Crippen LogP contribution >= 0.6 is 15.9 Å². The van der Waals surface area contributed by atoms with Crippen molar-refractivity contribution in [2.24, 2.45) is 0 Å². The number of aryl methyl sites for hydroxylation is 4. The number of hydrogen-bond donors (Lipinski definition) is 1. The van der Waals surface area contributed by atoms with Crippen LogP contribution in [0.25, 0.3) is 0 Å². The van der Waals surface area contributed by atoms with Crippen molar-refractivity contribution >= 4 is 37.5 Å². The number of benzene rings is 2. The predicted molar refractivity (Wildman–Crippen MR) is 108 cm³/mol. The van der Waals surface area contributed by atoms with Gasteiger partial charge in [0, 0.05) is 17.2 Å². The SMILES string of the molecule is Cc1cc(C)c(NC(=O)CN(C)S(=O)(=O)c2ccc(C)cc2Br)c(C)c1. The molecule has 5 nitrogen and oxygen atoms in total. The first kappa shape index (κ1) is 20.6. The first-order chi connectivity index (χ1) is 12.0. The van der Waals surface area contributed by atoms with Gasteiger partial charge < -0.3 is 5.32 Å². The Bertz CT molecular complexity index is 932. The second kappa shape index (κ2) is 7.90. The van der Waals surface area contributed by atoms with E-state index in [2.05, 4.69) is 21.2 Å². The second-order valence-electron chi connectivity index (χ2n) is 6.52. The highest BCUT2D eigenvalue weighted by Gasteiger charge is 2.25. The summed E-state index contributed by atoms with van der Waals surface area (Å²) >= 11 is 3.29. The highest BCUT2D eigenvalue weighted by molar-refractivity contribution is 9.10. The van der Waals surface area contributed by atoms with Gasteiger partial charge in [-0.3, -0.25) is 4.79 Å². The van der Waals surface area contributed by atoms with Crippen molar-refractivity contribution in [2.75, 3.05) is 18.9 Å². The highest BCUT2D eigenvalue weighted by Crippen LogP contribution is 2.26. The maximum Gasteiger partial charge on any atom is 0.244 e. The smallest absolute Gasteiger partial charge is 0.244 e. The van der Waals surface area contributed by atoms with Crippen LogP contribution in [0.3, 0.4) is 0 Å². The van der Waals surface area contributed by atoms with Crippen molar-refractivity contribution in [3.05, 3.63) is 57.1 Å². The molecule has 0 aromatic heterocycles. The molecule has 0 radical (unpaired) electrons. The van der Waals surface area contributed by atoms with E-state index < -0.39 is 10.0 Å². The van der Waals surface area contributed by atoms with Crippen molar-refractivity contribution in [1.82, 2.24) is 4.31 Å². The van der Waals surface area contributed by atoms with E-state index in [0.717, 1.165) is 32.2 Å². The summed E-state index contributed by atoms with van der Waals surface area (Å²) in [6.45, 7) is 7.43. The molecule has 0 aliphatic carbocycles. The standard InChI is InChI=1S/C19H23BrN2O3S/c1-12-6-7-17(16(20)10-12)26(24,25)22(5)11-18(23)21-19-14(3)8-13(2)9-15(19)4/h6-10H,11H2,1-5H3,(H,21,23). The number of rotatable bonds is 5. The first-order valence-electron chi connectivity index (χ1n) is 8.12. The molecule has 1 N–H and O–H groups in total. The molecule has 0 aliphatic heterocycles. The number of nitrogens with one attached hydrogen (secondary N) is 1. The summed E-state index contributed by atoms with van der Waals surface area (Å²) in [4.78, 5) is 12.5. The molecule has 2 aromatic carbocycles. The molecule has 140 valence electrons. The van der Waals surface area contributed by atoms with E-state index in [0.29, 0.717) is 4.47 Å². The van der Waals surface area contributed by atoms with Crippen molar-refractivity contribution in [3.63, 3.8) is 0 Å². The zero-order valence-corrected chi connectivity index (χ0v) is 18.0. The molecular weight excluding hydrogens is 416 g/mol. The lowest BCUT2D eigenvalue weighted by Gasteiger charge is -2.19. The molecule has 0 heterocycles. The third-order valence-corrected chi connectivity index (χ3v) is 6.86. The Morgan fingerprint density at radius 2 is 1.62 bits per heavy atom. The van der Waals surface area contributed by atoms with Gasteiger partial charge in [-0.2, -0.15) is 4.31 Å². The summed E-state index contributed by atoms with van der Waals surface area (Å²) in [6.07, 6.45) is 0. The van der Waals surface area contributed by atoms with E-state index in [1.807, 2.05) is 39.8 Å². The van der Waals surface area contributed by atoms with Crippen LogP contribution in [-0.4, -0.2) is 32.2 Å². The lowest BCUT2D eigenvalue weighted by Crippen LogP contribution is -2.35. The number of carbonyl (C=O) groups excluding carboxylic acids is 1. The number of nitrogens with zero attached hydrogens (tertiary/aromatic N) is 1. The zero-order valence-electron chi connectivity index (χ0n) is 15.6. The van der Waals surface area contributed by atoms with Gasteiger partial charge in [0.25, 0.3) is 0 Å². The van der Waals surface area contributed by atoms with E-state index >= 15 is 0 Å². The lowest BCUT2D eigenvalue weighted by atomic mass is 10.1. The van der Waals surface area contributed by atoms with E-state index in [9.17, 15) is 13.2 Å². The van der Waals surface area contributed by atoms with E-state index in [-0.39, 0.29) is 17.3 Å². The Labute approximate surface area is 163 Å². The molecule has 26 heavy (non-hydrogen) atoms. The number of hydrogen-bond acceptors (Lipinski definition) is 3. The van der Waals surface area contributed by atoms with Crippen molar-refractivity contribution in [2.45, 2.75) is 32.6 Å². The Morgan fingerprint density at radius 1 is 1.04 bits per heavy atom. The van der Waals surface area contributed by atoms with Gasteiger partial charge >= 0.3 is 0 Å². The third-order valence-electron chi connectivity index (χ3n) is 4.08. The fraction of sp³-hybridized carbons (Fsp3) is 0.316. The fourth-order valence-electron chi connectivity index (χ4n) is 2.83. The van der Waals surface area contributed by atoms with Gasteiger partial charge in [-0.25, -0.2) is 8.42 Å². The van der Waals surface area contributed by atoms with Gasteiger partial charge in [0.2, 0.25) is 15.9 Å². The number of likely N-dealkylation sites (N-methyl/N-ethyl adjacent to an activating group) is 1. The van der Waals surface area contributed by atoms with Crippen LogP contribution in [0.15, 0.2) is 39.7 Å². The second-order valence-corrected chi connectivity index (χ2v) is 9.38. The summed E-state index contributed by atoms with van der Waals surface area (Å²) in [5, 5.41) is 2.83. The molecule has 2 rings (SSSR count). The van der Waals surface area contributed by atoms with Gasteiger partial charge in [0.15, 0.2) is 0 Å². The summed E-state index contributed by atoms with van der Waals surface area (Å²) in [7, 11) is -2.38. The highest BCUT2D eigenvalue weighted by atomic mass is 79.9. The topological polar surface area (TPSA) is 66.5 Å². The number of carbonyl (C=O) groups is 1. The molecule has 7 heteroatoms. The van der Waals surface area contributed by atoms with Crippen LogP contribution in [0, 0.1) is 27.7 Å². The Kier molecular flexibility index (Phi) is 6.26. The van der Waals surface area contributed by atoms with E-state index in [1.54, 1.807) is 12.1 Å². The molecule has 0 fully saturated rings. The molecule has 1 amide bonds. The minimum Gasteiger partial charge on any atom is -0.324 e. The lowest BCUT2D eigenvalue weighted by molar-refractivity contribution is -0.116. The fourth-order valence-corrected chi connectivity index (χ4v) is 5.10. The van der Waals surface area contributed by atoms with Crippen LogP contribution in [0.2, 0.25) is 0 Å². The molecule has 0 atom stereocenters. The van der Waals surface area contributed by atoms with Crippen LogP contribution < -0.4 is 5.32 Å². The average Bonchev–Trinajstić information content (AvgIpc) is 2.50. The maximum absolute atomic E-state index is 12.7. The molecule has 0 saturated carbocycles. The Balaban J connectivity index is 2.18. The third kappa shape index (κ3) is 4.52. The maximum atomic E-state index is 12.7. The summed E-state index contributed by atoms with van der Waals surface area (Å²) in [5.74, 6) is -0.380. The molecule has 2 aromatic rings. The largest absolute Gasteiger partial charge is 0.324 e. The Morgan fingerprint density at radius 3 is 2.15 bits per heavy atom.